The van der Waals surface area contributed by atoms with Crippen molar-refractivity contribution in [3.8, 4) is 0 Å². The maximum absolute atomic E-state index is 9.87. The molecule has 72 valence electrons. The molecule has 0 radical (unpaired) electrons. The fourth-order valence-electron chi connectivity index (χ4n) is 1.79. The minimum absolute atomic E-state index is 0.199. The first-order valence-electron chi connectivity index (χ1n) is 4.79. The van der Waals surface area contributed by atoms with E-state index < -0.39 is 5.60 Å². The van der Waals surface area contributed by atoms with Crippen LogP contribution in [-0.2, 0) is 0 Å². The Morgan fingerprint density at radius 3 is 2.25 bits per heavy atom. The Bertz CT molecular complexity index is 154. The van der Waals surface area contributed by atoms with Crippen molar-refractivity contribution in [2.45, 2.75) is 51.7 Å². The minimum atomic E-state index is -0.467. The number of hydrogen-bond donors (Lipinski definition) is 1. The van der Waals surface area contributed by atoms with Gasteiger partial charge in [-0.05, 0) is 47.1 Å². The summed E-state index contributed by atoms with van der Waals surface area (Å²) >= 11 is 0. The van der Waals surface area contributed by atoms with Crippen LogP contribution in [-0.4, -0.2) is 34.2 Å². The number of rotatable bonds is 0. The first kappa shape index (κ1) is 10.0. The van der Waals surface area contributed by atoms with E-state index in [1.54, 1.807) is 0 Å². The number of β-amino-alcohol motifs (C(OH)–C–C–N with tert-alkyl or cyclic N) is 1. The van der Waals surface area contributed by atoms with Crippen molar-refractivity contribution in [3.63, 3.8) is 0 Å². The molecule has 0 aromatic carbocycles. The average molecular weight is 171 g/mol. The standard InChI is InChI=1S/C10H21NO/c1-9(2,3)11-7-5-6-10(4,12)8-11/h12H,5-8H2,1-4H3/t10-/m0/s1. The van der Waals surface area contributed by atoms with Crippen LogP contribution in [0.25, 0.3) is 0 Å². The van der Waals surface area contributed by atoms with Crippen LogP contribution < -0.4 is 0 Å². The minimum Gasteiger partial charge on any atom is -0.389 e. The maximum Gasteiger partial charge on any atom is 0.0746 e. The lowest BCUT2D eigenvalue weighted by molar-refractivity contribution is -0.0446. The van der Waals surface area contributed by atoms with E-state index in [0.29, 0.717) is 0 Å². The van der Waals surface area contributed by atoms with Gasteiger partial charge in [0.15, 0.2) is 0 Å². The summed E-state index contributed by atoms with van der Waals surface area (Å²) in [7, 11) is 0. The van der Waals surface area contributed by atoms with E-state index in [1.165, 1.54) is 0 Å². The highest BCUT2D eigenvalue weighted by Crippen LogP contribution is 2.25. The number of nitrogens with zero attached hydrogens (tertiary/aromatic N) is 1. The molecule has 0 aromatic heterocycles. The lowest BCUT2D eigenvalue weighted by atomic mass is 9.91. The van der Waals surface area contributed by atoms with Crippen LogP contribution in [0.5, 0.6) is 0 Å². The molecule has 1 aliphatic rings. The molecule has 0 amide bonds. The van der Waals surface area contributed by atoms with E-state index in [2.05, 4.69) is 25.7 Å². The van der Waals surface area contributed by atoms with Crippen molar-refractivity contribution in [1.29, 1.82) is 0 Å². The van der Waals surface area contributed by atoms with Crippen LogP contribution in [0.4, 0.5) is 0 Å². The zero-order chi connectivity index (χ0) is 9.41. The lowest BCUT2D eigenvalue weighted by Crippen LogP contribution is -2.53. The Labute approximate surface area is 75.6 Å². The van der Waals surface area contributed by atoms with Crippen molar-refractivity contribution in [2.24, 2.45) is 0 Å². The van der Waals surface area contributed by atoms with Gasteiger partial charge in [0.2, 0.25) is 0 Å². The summed E-state index contributed by atoms with van der Waals surface area (Å²) in [5.41, 5.74) is -0.268. The molecule has 1 heterocycles. The van der Waals surface area contributed by atoms with Gasteiger partial charge in [-0.2, -0.15) is 0 Å². The van der Waals surface area contributed by atoms with Gasteiger partial charge >= 0.3 is 0 Å². The van der Waals surface area contributed by atoms with Crippen LogP contribution in [0, 0.1) is 0 Å². The second-order valence-electron chi connectivity index (χ2n) is 5.19. The molecule has 1 N–H and O–H groups in total. The molecule has 12 heavy (non-hydrogen) atoms. The third-order valence-electron chi connectivity index (χ3n) is 2.62. The van der Waals surface area contributed by atoms with Crippen molar-refractivity contribution in [2.75, 3.05) is 13.1 Å². The topological polar surface area (TPSA) is 23.5 Å². The SMILES string of the molecule is CC(C)(C)N1CCC[C@](C)(O)C1. The molecule has 0 aromatic rings. The zero-order valence-electron chi connectivity index (χ0n) is 8.72. The van der Waals surface area contributed by atoms with Gasteiger partial charge in [-0.1, -0.05) is 0 Å². The van der Waals surface area contributed by atoms with Crippen LogP contribution in [0.2, 0.25) is 0 Å². The molecular formula is C10H21NO. The first-order valence-corrected chi connectivity index (χ1v) is 4.79. The molecule has 0 aliphatic carbocycles. The molecule has 0 saturated carbocycles. The Morgan fingerprint density at radius 2 is 1.92 bits per heavy atom. The molecule has 1 aliphatic heterocycles. The molecule has 0 unspecified atom stereocenters. The summed E-state index contributed by atoms with van der Waals surface area (Å²) in [5.74, 6) is 0. The molecule has 0 spiro atoms. The highest BCUT2D eigenvalue weighted by Gasteiger charge is 2.33. The molecule has 1 saturated heterocycles. The number of likely N-dealkylation sites (tertiary alicyclic amines) is 1. The van der Waals surface area contributed by atoms with E-state index in [4.69, 9.17) is 0 Å². The smallest absolute Gasteiger partial charge is 0.0746 e. The Kier molecular flexibility index (Phi) is 2.50. The summed E-state index contributed by atoms with van der Waals surface area (Å²) in [5, 5.41) is 9.87. The molecule has 1 fully saturated rings. The Balaban J connectivity index is 2.58. The van der Waals surface area contributed by atoms with Crippen molar-refractivity contribution < 1.29 is 5.11 Å². The summed E-state index contributed by atoms with van der Waals surface area (Å²) in [6, 6.07) is 0. The average Bonchev–Trinajstić information content (AvgIpc) is 1.83. The van der Waals surface area contributed by atoms with Gasteiger partial charge in [-0.3, -0.25) is 4.90 Å². The predicted molar refractivity (Wildman–Crippen MR) is 51.2 cm³/mol. The highest BCUT2D eigenvalue weighted by molar-refractivity contribution is 4.88. The van der Waals surface area contributed by atoms with E-state index in [-0.39, 0.29) is 5.54 Å². The summed E-state index contributed by atoms with van der Waals surface area (Å²) < 4.78 is 0. The van der Waals surface area contributed by atoms with Gasteiger partial charge in [0.05, 0.1) is 5.60 Å². The fraction of sp³-hybridized carbons (Fsp3) is 1.00. The van der Waals surface area contributed by atoms with Crippen molar-refractivity contribution in [3.05, 3.63) is 0 Å². The molecular weight excluding hydrogens is 150 g/mol. The quantitative estimate of drug-likeness (QED) is 0.599. The summed E-state index contributed by atoms with van der Waals surface area (Å²) in [4.78, 5) is 2.36. The van der Waals surface area contributed by atoms with Crippen molar-refractivity contribution >= 4 is 0 Å². The zero-order valence-corrected chi connectivity index (χ0v) is 8.72. The second kappa shape index (κ2) is 3.00. The van der Waals surface area contributed by atoms with Crippen LogP contribution >= 0.6 is 0 Å². The van der Waals surface area contributed by atoms with E-state index in [0.717, 1.165) is 25.9 Å². The molecule has 2 nitrogen and oxygen atoms in total. The predicted octanol–water partition coefficient (Wildman–Crippen LogP) is 1.63. The van der Waals surface area contributed by atoms with Crippen molar-refractivity contribution in [1.82, 2.24) is 4.90 Å². The normalized spacial score (nSPS) is 33.8. The summed E-state index contributed by atoms with van der Waals surface area (Å²) in [6.07, 6.45) is 2.06. The molecule has 1 atom stereocenters. The van der Waals surface area contributed by atoms with Gasteiger partial charge in [-0.15, -0.1) is 0 Å². The highest BCUT2D eigenvalue weighted by atomic mass is 16.3. The largest absolute Gasteiger partial charge is 0.389 e. The second-order valence-corrected chi connectivity index (χ2v) is 5.19. The Morgan fingerprint density at radius 1 is 1.33 bits per heavy atom. The van der Waals surface area contributed by atoms with Gasteiger partial charge in [0.1, 0.15) is 0 Å². The van der Waals surface area contributed by atoms with E-state index >= 15 is 0 Å². The first-order chi connectivity index (χ1) is 5.31. The summed E-state index contributed by atoms with van der Waals surface area (Å²) in [6.45, 7) is 10.5. The monoisotopic (exact) mass is 171 g/mol. The third kappa shape index (κ3) is 2.46. The number of piperidine rings is 1. The van der Waals surface area contributed by atoms with Gasteiger partial charge < -0.3 is 5.11 Å². The molecule has 0 bridgehead atoms. The Hall–Kier alpha value is -0.0800. The third-order valence-corrected chi connectivity index (χ3v) is 2.62. The maximum atomic E-state index is 9.87. The van der Waals surface area contributed by atoms with Gasteiger partial charge in [0, 0.05) is 12.1 Å². The van der Waals surface area contributed by atoms with E-state index in [1.807, 2.05) is 6.92 Å². The van der Waals surface area contributed by atoms with Crippen LogP contribution in [0.3, 0.4) is 0 Å². The number of aliphatic hydroxyl groups is 1. The fourth-order valence-corrected chi connectivity index (χ4v) is 1.79. The number of hydrogen-bond acceptors (Lipinski definition) is 2. The lowest BCUT2D eigenvalue weighted by Gasteiger charge is -2.44. The van der Waals surface area contributed by atoms with Crippen LogP contribution in [0.1, 0.15) is 40.5 Å². The van der Waals surface area contributed by atoms with E-state index in [9.17, 15) is 5.11 Å². The molecule has 2 heteroatoms. The van der Waals surface area contributed by atoms with Crippen LogP contribution in [0.15, 0.2) is 0 Å². The molecule has 1 rings (SSSR count). The van der Waals surface area contributed by atoms with Gasteiger partial charge in [0.25, 0.3) is 0 Å². The van der Waals surface area contributed by atoms with Gasteiger partial charge in [-0.25, -0.2) is 0 Å².